The maximum atomic E-state index is 11.9. The Balaban J connectivity index is 1.71. The fourth-order valence-corrected chi connectivity index (χ4v) is 1.91. The van der Waals surface area contributed by atoms with Crippen molar-refractivity contribution in [2.45, 2.75) is 38.8 Å². The maximum absolute atomic E-state index is 11.9. The summed E-state index contributed by atoms with van der Waals surface area (Å²) >= 11 is 0. The molecule has 1 aliphatic rings. The quantitative estimate of drug-likeness (QED) is 0.654. The highest BCUT2D eigenvalue weighted by Crippen LogP contribution is 2.18. The minimum absolute atomic E-state index is 0.114. The highest BCUT2D eigenvalue weighted by atomic mass is 16.5. The number of aryl methyl sites for hydroxylation is 1. The maximum Gasteiger partial charge on any atom is 0.326 e. The average Bonchev–Trinajstić information content (AvgIpc) is 3.36. The molecule has 0 heterocycles. The molecule has 1 aromatic carbocycles. The van der Waals surface area contributed by atoms with E-state index in [9.17, 15) is 19.2 Å². The zero-order valence-corrected chi connectivity index (χ0v) is 14.1. The van der Waals surface area contributed by atoms with Crippen LogP contribution in [0.3, 0.4) is 0 Å². The summed E-state index contributed by atoms with van der Waals surface area (Å²) in [6.07, 6.45) is 0.647. The molecule has 134 valence electrons. The summed E-state index contributed by atoms with van der Waals surface area (Å²) in [6, 6.07) is 6.36. The van der Waals surface area contributed by atoms with E-state index in [-0.39, 0.29) is 12.6 Å². The molecule has 1 aliphatic carbocycles. The number of ether oxygens (including phenoxy) is 1. The van der Waals surface area contributed by atoms with Crippen LogP contribution >= 0.6 is 0 Å². The van der Waals surface area contributed by atoms with Gasteiger partial charge in [-0.1, -0.05) is 17.7 Å². The first-order chi connectivity index (χ1) is 11.8. The van der Waals surface area contributed by atoms with E-state index in [1.165, 1.54) is 6.92 Å². The Kier molecular flexibility index (Phi) is 6.10. The van der Waals surface area contributed by atoms with Crippen LogP contribution in [0.15, 0.2) is 24.3 Å². The number of amides is 4. The monoisotopic (exact) mass is 347 g/mol. The fraction of sp³-hybridized carbons (Fsp3) is 0.412. The van der Waals surface area contributed by atoms with Crippen molar-refractivity contribution in [3.05, 3.63) is 35.4 Å². The molecule has 2 rings (SSSR count). The van der Waals surface area contributed by atoms with Crippen molar-refractivity contribution in [2.75, 3.05) is 6.54 Å². The van der Waals surface area contributed by atoms with E-state index in [1.54, 1.807) is 24.3 Å². The van der Waals surface area contributed by atoms with Crippen LogP contribution in [0.1, 0.15) is 35.7 Å². The van der Waals surface area contributed by atoms with Crippen LogP contribution in [0.4, 0.5) is 4.79 Å². The van der Waals surface area contributed by atoms with Gasteiger partial charge in [-0.05, 0) is 38.8 Å². The molecule has 1 aromatic rings. The van der Waals surface area contributed by atoms with Crippen molar-refractivity contribution < 1.29 is 23.9 Å². The van der Waals surface area contributed by atoms with Crippen LogP contribution < -0.4 is 16.0 Å². The molecule has 8 heteroatoms. The Morgan fingerprint density at radius 2 is 1.80 bits per heavy atom. The molecule has 0 aromatic heterocycles. The third-order valence-corrected chi connectivity index (χ3v) is 3.53. The zero-order valence-electron chi connectivity index (χ0n) is 14.1. The third kappa shape index (κ3) is 6.25. The molecule has 25 heavy (non-hydrogen) atoms. The number of benzene rings is 1. The summed E-state index contributed by atoms with van der Waals surface area (Å²) in [6.45, 7) is 2.87. The van der Waals surface area contributed by atoms with Crippen LogP contribution in [0, 0.1) is 6.92 Å². The molecule has 1 saturated carbocycles. The molecule has 3 N–H and O–H groups in total. The number of hydrogen-bond donors (Lipinski definition) is 3. The van der Waals surface area contributed by atoms with Crippen LogP contribution in [-0.4, -0.2) is 42.5 Å². The van der Waals surface area contributed by atoms with Gasteiger partial charge < -0.3 is 15.4 Å². The molecule has 0 aliphatic heterocycles. The van der Waals surface area contributed by atoms with Crippen LogP contribution in [-0.2, 0) is 14.3 Å². The number of urea groups is 1. The first-order valence-corrected chi connectivity index (χ1v) is 8.01. The lowest BCUT2D eigenvalue weighted by molar-refractivity contribution is -0.153. The van der Waals surface area contributed by atoms with Gasteiger partial charge in [-0.25, -0.2) is 4.79 Å². The predicted molar refractivity (Wildman–Crippen MR) is 88.8 cm³/mol. The van der Waals surface area contributed by atoms with Crippen molar-refractivity contribution in [3.63, 3.8) is 0 Å². The molecular weight excluding hydrogens is 326 g/mol. The van der Waals surface area contributed by atoms with E-state index in [1.807, 2.05) is 6.92 Å². The lowest BCUT2D eigenvalue weighted by Crippen LogP contribution is -2.46. The van der Waals surface area contributed by atoms with Gasteiger partial charge in [0.1, 0.15) is 6.54 Å². The number of rotatable bonds is 6. The smallest absolute Gasteiger partial charge is 0.326 e. The molecule has 0 radical (unpaired) electrons. The minimum Gasteiger partial charge on any atom is -0.451 e. The van der Waals surface area contributed by atoms with E-state index in [0.29, 0.717) is 5.56 Å². The van der Waals surface area contributed by atoms with Gasteiger partial charge in [-0.2, -0.15) is 0 Å². The largest absolute Gasteiger partial charge is 0.451 e. The number of nitrogens with one attached hydrogen (secondary N) is 3. The van der Waals surface area contributed by atoms with Crippen molar-refractivity contribution in [3.8, 4) is 0 Å². The predicted octanol–water partition coefficient (Wildman–Crippen LogP) is 0.645. The number of carbonyl (C=O) groups excluding carboxylic acids is 4. The molecule has 1 unspecified atom stereocenters. The van der Waals surface area contributed by atoms with E-state index in [4.69, 9.17) is 4.74 Å². The summed E-state index contributed by atoms with van der Waals surface area (Å²) in [5.74, 6) is -1.92. The highest BCUT2D eigenvalue weighted by Gasteiger charge is 2.26. The van der Waals surface area contributed by atoms with Crippen LogP contribution in [0.25, 0.3) is 0 Å². The van der Waals surface area contributed by atoms with E-state index in [2.05, 4.69) is 16.0 Å². The molecule has 0 spiro atoms. The van der Waals surface area contributed by atoms with Gasteiger partial charge >= 0.3 is 12.0 Å². The molecular formula is C17H21N3O5. The summed E-state index contributed by atoms with van der Waals surface area (Å²) < 4.78 is 4.89. The highest BCUT2D eigenvalue weighted by molar-refractivity contribution is 5.98. The molecule has 0 saturated heterocycles. The van der Waals surface area contributed by atoms with Gasteiger partial charge in [0.25, 0.3) is 11.8 Å². The Bertz CT molecular complexity index is 667. The van der Waals surface area contributed by atoms with Crippen molar-refractivity contribution in [2.24, 2.45) is 0 Å². The zero-order chi connectivity index (χ0) is 18.4. The fourth-order valence-electron chi connectivity index (χ4n) is 1.91. The molecule has 4 amide bonds. The normalized spacial score (nSPS) is 14.2. The summed E-state index contributed by atoms with van der Waals surface area (Å²) in [7, 11) is 0. The molecule has 1 atom stereocenters. The molecule has 1 fully saturated rings. The van der Waals surface area contributed by atoms with Crippen LogP contribution in [0.2, 0.25) is 0 Å². The lowest BCUT2D eigenvalue weighted by atomic mass is 10.1. The van der Waals surface area contributed by atoms with Gasteiger partial charge in [0.15, 0.2) is 6.10 Å². The second-order valence-corrected chi connectivity index (χ2v) is 5.92. The number of esters is 1. The van der Waals surface area contributed by atoms with Crippen molar-refractivity contribution in [1.29, 1.82) is 0 Å². The first kappa shape index (κ1) is 18.4. The van der Waals surface area contributed by atoms with Gasteiger partial charge in [-0.15, -0.1) is 0 Å². The van der Waals surface area contributed by atoms with Crippen molar-refractivity contribution >= 4 is 23.8 Å². The van der Waals surface area contributed by atoms with Crippen molar-refractivity contribution in [1.82, 2.24) is 16.0 Å². The standard InChI is InChI=1S/C17H21N3O5/c1-10-3-5-12(6-4-10)16(23)18-9-14(21)25-11(2)15(22)20-17(24)19-13-7-8-13/h3-6,11,13H,7-9H2,1-2H3,(H,18,23)(H2,19,20,22,24). The second-order valence-electron chi connectivity index (χ2n) is 5.92. The van der Waals surface area contributed by atoms with E-state index >= 15 is 0 Å². The number of hydrogen-bond acceptors (Lipinski definition) is 5. The third-order valence-electron chi connectivity index (χ3n) is 3.53. The Morgan fingerprint density at radius 3 is 2.40 bits per heavy atom. The Labute approximate surface area is 145 Å². The Morgan fingerprint density at radius 1 is 1.16 bits per heavy atom. The van der Waals surface area contributed by atoms with Gasteiger partial charge in [0.05, 0.1) is 0 Å². The summed E-state index contributed by atoms with van der Waals surface area (Å²) in [5.41, 5.74) is 1.43. The van der Waals surface area contributed by atoms with Gasteiger partial charge in [0, 0.05) is 11.6 Å². The average molecular weight is 347 g/mol. The lowest BCUT2D eigenvalue weighted by Gasteiger charge is -2.13. The minimum atomic E-state index is -1.14. The van der Waals surface area contributed by atoms with Gasteiger partial charge in [-0.3, -0.25) is 19.7 Å². The Hall–Kier alpha value is -2.90. The molecule has 8 nitrogen and oxygen atoms in total. The SMILES string of the molecule is Cc1ccc(C(=O)NCC(=O)OC(C)C(=O)NC(=O)NC2CC2)cc1. The topological polar surface area (TPSA) is 114 Å². The van der Waals surface area contributed by atoms with E-state index < -0.39 is 29.9 Å². The first-order valence-electron chi connectivity index (χ1n) is 8.01. The van der Waals surface area contributed by atoms with E-state index in [0.717, 1.165) is 18.4 Å². The number of imide groups is 1. The number of carbonyl (C=O) groups is 4. The summed E-state index contributed by atoms with van der Waals surface area (Å²) in [4.78, 5) is 46.8. The van der Waals surface area contributed by atoms with Crippen LogP contribution in [0.5, 0.6) is 0 Å². The molecule has 0 bridgehead atoms. The van der Waals surface area contributed by atoms with Gasteiger partial charge in [0.2, 0.25) is 0 Å². The summed E-state index contributed by atoms with van der Waals surface area (Å²) in [5, 5.41) is 7.10. The second kappa shape index (κ2) is 8.27.